The number of carboxylic acid groups (broad SMARTS) is 1. The predicted octanol–water partition coefficient (Wildman–Crippen LogP) is 3.55. The molecule has 4 rings (SSSR count). The lowest BCUT2D eigenvalue weighted by atomic mass is 10.0. The van der Waals surface area contributed by atoms with Gasteiger partial charge in [0, 0.05) is 45.1 Å². The Morgan fingerprint density at radius 3 is 2.11 bits per heavy atom. The van der Waals surface area contributed by atoms with Crippen molar-refractivity contribution in [2.75, 3.05) is 50.0 Å². The Hall–Kier alpha value is -4.45. The van der Waals surface area contributed by atoms with Gasteiger partial charge < -0.3 is 25.0 Å². The quantitative estimate of drug-likeness (QED) is 0.342. The highest BCUT2D eigenvalue weighted by molar-refractivity contribution is 6.23. The van der Waals surface area contributed by atoms with Crippen LogP contribution in [-0.4, -0.2) is 106 Å². The average Bonchev–Trinajstić information content (AvgIpc) is 3.09. The van der Waals surface area contributed by atoms with Crippen molar-refractivity contribution in [3.05, 3.63) is 48.3 Å². The van der Waals surface area contributed by atoms with Crippen LogP contribution in [0.1, 0.15) is 19.4 Å². The number of benzene rings is 1. The number of hydrogen-bond acceptors (Lipinski definition) is 8. The largest absolute Gasteiger partial charge is 0.573 e. The molecule has 2 saturated heterocycles. The zero-order valence-corrected chi connectivity index (χ0v) is 24.3. The van der Waals surface area contributed by atoms with E-state index >= 15 is 0 Å². The molecule has 0 bridgehead atoms. The summed E-state index contributed by atoms with van der Waals surface area (Å²) in [5.41, 5.74) is -0.770. The van der Waals surface area contributed by atoms with Crippen LogP contribution in [0.25, 0.3) is 0 Å². The molecular weight excluding hydrogens is 618 g/mol. The van der Waals surface area contributed by atoms with Gasteiger partial charge in [-0.05, 0) is 56.8 Å². The van der Waals surface area contributed by atoms with Gasteiger partial charge in [-0.3, -0.25) is 19.5 Å². The molecule has 4 amide bonds. The lowest BCUT2D eigenvalue weighted by Gasteiger charge is -2.31. The van der Waals surface area contributed by atoms with Crippen molar-refractivity contribution in [2.24, 2.45) is 0 Å². The van der Waals surface area contributed by atoms with Gasteiger partial charge in [-0.15, -0.1) is 13.2 Å². The Balaban J connectivity index is 0.000000707. The molecule has 0 atom stereocenters. The van der Waals surface area contributed by atoms with E-state index in [0.717, 1.165) is 35.7 Å². The van der Waals surface area contributed by atoms with Gasteiger partial charge >= 0.3 is 24.5 Å². The molecule has 18 heteroatoms. The molecule has 246 valence electrons. The molecule has 2 aromatic rings. The number of nitrogens with zero attached hydrogens (tertiary/aromatic N) is 5. The van der Waals surface area contributed by atoms with E-state index in [-0.39, 0.29) is 24.5 Å². The van der Waals surface area contributed by atoms with Crippen LogP contribution in [0.3, 0.4) is 0 Å². The Morgan fingerprint density at radius 2 is 1.58 bits per heavy atom. The standard InChI is InChI=1S/C25H29F3N6O4.C2HF3O2/c1-24(2)22(36)34(23(37)33(24)15-17-6-8-29-9-7-17)18-4-5-20(38-25(26,27)28)19(14-18)30-21(35)16-32-12-10-31(3)11-13-32;3-2(4,5)1(6)7/h4-9,14H,10-13,15-16H2,1-3H3,(H,30,35);(H,6,7). The molecule has 2 N–H and O–H groups in total. The highest BCUT2D eigenvalue weighted by Crippen LogP contribution is 2.38. The van der Waals surface area contributed by atoms with Crippen molar-refractivity contribution >= 4 is 35.2 Å². The van der Waals surface area contributed by atoms with Gasteiger partial charge in [0.05, 0.1) is 17.9 Å². The van der Waals surface area contributed by atoms with Crippen LogP contribution in [0.5, 0.6) is 5.75 Å². The number of alkyl halides is 6. The van der Waals surface area contributed by atoms with Gasteiger partial charge in [-0.25, -0.2) is 14.5 Å². The molecule has 2 aliphatic heterocycles. The Bertz CT molecular complexity index is 1400. The van der Waals surface area contributed by atoms with Crippen molar-refractivity contribution in [3.63, 3.8) is 0 Å². The summed E-state index contributed by atoms with van der Waals surface area (Å²) in [6.07, 6.45) is -6.96. The zero-order valence-electron chi connectivity index (χ0n) is 24.3. The summed E-state index contributed by atoms with van der Waals surface area (Å²) >= 11 is 0. The third-order valence-electron chi connectivity index (χ3n) is 6.84. The van der Waals surface area contributed by atoms with Crippen molar-refractivity contribution < 1.29 is 55.4 Å². The predicted molar refractivity (Wildman–Crippen MR) is 146 cm³/mol. The second-order valence-electron chi connectivity index (χ2n) is 10.6. The van der Waals surface area contributed by atoms with Gasteiger partial charge in [0.25, 0.3) is 5.91 Å². The molecule has 0 radical (unpaired) electrons. The fourth-order valence-corrected chi connectivity index (χ4v) is 4.37. The molecule has 3 heterocycles. The molecule has 45 heavy (non-hydrogen) atoms. The number of pyridine rings is 1. The van der Waals surface area contributed by atoms with E-state index in [1.807, 2.05) is 11.9 Å². The number of rotatable bonds is 7. The lowest BCUT2D eigenvalue weighted by molar-refractivity contribution is -0.274. The monoisotopic (exact) mass is 648 g/mol. The van der Waals surface area contributed by atoms with Crippen LogP contribution >= 0.6 is 0 Å². The number of piperazine rings is 1. The lowest BCUT2D eigenvalue weighted by Crippen LogP contribution is -2.47. The summed E-state index contributed by atoms with van der Waals surface area (Å²) in [5, 5.41) is 9.59. The van der Waals surface area contributed by atoms with E-state index in [0.29, 0.717) is 13.1 Å². The smallest absolute Gasteiger partial charge is 0.475 e. The van der Waals surface area contributed by atoms with Gasteiger partial charge in [0.15, 0.2) is 5.75 Å². The number of imide groups is 1. The van der Waals surface area contributed by atoms with Crippen LogP contribution < -0.4 is 15.0 Å². The molecule has 1 aromatic heterocycles. The van der Waals surface area contributed by atoms with E-state index < -0.39 is 47.6 Å². The number of aliphatic carboxylic acids is 1. The maximum Gasteiger partial charge on any atom is 0.573 e. The fraction of sp³-hybridized carbons (Fsp3) is 0.444. The summed E-state index contributed by atoms with van der Waals surface area (Å²) in [5.74, 6) is -4.51. The second-order valence-corrected chi connectivity index (χ2v) is 10.6. The number of carboxylic acids is 1. The topological polar surface area (TPSA) is 136 Å². The first-order valence-electron chi connectivity index (χ1n) is 13.3. The number of anilines is 2. The van der Waals surface area contributed by atoms with Crippen molar-refractivity contribution in [1.82, 2.24) is 19.7 Å². The van der Waals surface area contributed by atoms with Crippen LogP contribution in [0, 0.1) is 0 Å². The molecule has 0 aliphatic carbocycles. The summed E-state index contributed by atoms with van der Waals surface area (Å²) < 4.78 is 75.1. The van der Waals surface area contributed by atoms with E-state index in [1.165, 1.54) is 11.0 Å². The molecule has 2 fully saturated rings. The average molecular weight is 649 g/mol. The Kier molecular flexibility index (Phi) is 10.6. The molecule has 0 saturated carbocycles. The van der Waals surface area contributed by atoms with Crippen LogP contribution in [0.2, 0.25) is 0 Å². The number of carbonyl (C=O) groups is 4. The number of urea groups is 1. The van der Waals surface area contributed by atoms with Crippen LogP contribution in [0.4, 0.5) is 42.5 Å². The first-order valence-corrected chi connectivity index (χ1v) is 13.3. The van der Waals surface area contributed by atoms with E-state index in [9.17, 15) is 40.7 Å². The number of aromatic nitrogens is 1. The molecular formula is C27H30F6N6O6. The minimum atomic E-state index is -5.08. The van der Waals surface area contributed by atoms with E-state index in [2.05, 4.69) is 19.9 Å². The number of halogens is 6. The number of nitrogens with one attached hydrogen (secondary N) is 1. The SMILES string of the molecule is CN1CCN(CC(=O)Nc2cc(N3C(=O)N(Cc4ccncc4)C(C)(C)C3=O)ccc2OC(F)(F)F)CC1.O=C(O)C(F)(F)F. The molecule has 1 aromatic carbocycles. The third kappa shape index (κ3) is 9.27. The number of carbonyl (C=O) groups excluding carboxylic acids is 3. The molecule has 2 aliphatic rings. The first-order chi connectivity index (χ1) is 20.8. The zero-order chi connectivity index (χ0) is 33.7. The fourth-order valence-electron chi connectivity index (χ4n) is 4.37. The highest BCUT2D eigenvalue weighted by Gasteiger charge is 2.52. The van der Waals surface area contributed by atoms with Crippen molar-refractivity contribution in [3.8, 4) is 5.75 Å². The maximum absolute atomic E-state index is 13.4. The highest BCUT2D eigenvalue weighted by atomic mass is 19.4. The molecule has 0 spiro atoms. The summed E-state index contributed by atoms with van der Waals surface area (Å²) in [4.78, 5) is 58.5. The second kappa shape index (κ2) is 13.7. The van der Waals surface area contributed by atoms with Crippen molar-refractivity contribution in [2.45, 2.75) is 38.5 Å². The summed E-state index contributed by atoms with van der Waals surface area (Å²) in [6, 6.07) is 6.09. The molecule has 0 unspecified atom stereocenters. The van der Waals surface area contributed by atoms with E-state index in [4.69, 9.17) is 9.90 Å². The molecule has 12 nitrogen and oxygen atoms in total. The van der Waals surface area contributed by atoms with Gasteiger partial charge in [0.2, 0.25) is 5.91 Å². The Labute approximate surface area is 253 Å². The van der Waals surface area contributed by atoms with Gasteiger partial charge in [0.1, 0.15) is 5.54 Å². The number of likely N-dealkylation sites (N-methyl/N-ethyl adjacent to an activating group) is 1. The number of ether oxygens (including phenoxy) is 1. The van der Waals surface area contributed by atoms with E-state index in [1.54, 1.807) is 38.4 Å². The normalized spacial score (nSPS) is 17.5. The Morgan fingerprint density at radius 1 is 1.00 bits per heavy atom. The van der Waals surface area contributed by atoms with Gasteiger partial charge in [-0.1, -0.05) is 0 Å². The summed E-state index contributed by atoms with van der Waals surface area (Å²) in [6.45, 7) is 6.07. The minimum absolute atomic E-state index is 0.00900. The number of amides is 4. The third-order valence-corrected chi connectivity index (χ3v) is 6.84. The number of hydrogen-bond donors (Lipinski definition) is 2. The van der Waals surface area contributed by atoms with Gasteiger partial charge in [-0.2, -0.15) is 13.2 Å². The first kappa shape index (κ1) is 35.0. The van der Waals surface area contributed by atoms with Crippen LogP contribution in [0.15, 0.2) is 42.7 Å². The van der Waals surface area contributed by atoms with Crippen molar-refractivity contribution in [1.29, 1.82) is 0 Å². The summed E-state index contributed by atoms with van der Waals surface area (Å²) in [7, 11) is 1.96. The maximum atomic E-state index is 13.4. The minimum Gasteiger partial charge on any atom is -0.475 e. The van der Waals surface area contributed by atoms with Crippen LogP contribution in [-0.2, 0) is 20.9 Å².